The SMILES string of the molecule is CNc1ccc2c(c1)N(C)CCN2C. The monoisotopic (exact) mass is 191 g/mol. The Bertz CT molecular complexity index is 335. The molecule has 0 amide bonds. The first-order valence-electron chi connectivity index (χ1n) is 4.96. The summed E-state index contributed by atoms with van der Waals surface area (Å²) in [5.41, 5.74) is 3.80. The van der Waals surface area contributed by atoms with Gasteiger partial charge in [-0.15, -0.1) is 0 Å². The first-order valence-corrected chi connectivity index (χ1v) is 4.96. The number of fused-ring (bicyclic) bond motifs is 1. The quantitative estimate of drug-likeness (QED) is 0.727. The summed E-state index contributed by atoms with van der Waals surface area (Å²) in [6, 6.07) is 6.50. The summed E-state index contributed by atoms with van der Waals surface area (Å²) >= 11 is 0. The average molecular weight is 191 g/mol. The molecule has 1 aromatic rings. The van der Waals surface area contributed by atoms with E-state index in [1.54, 1.807) is 0 Å². The first kappa shape index (κ1) is 9.19. The Hall–Kier alpha value is -1.38. The van der Waals surface area contributed by atoms with Crippen molar-refractivity contribution < 1.29 is 0 Å². The molecule has 3 heteroatoms. The molecule has 0 saturated heterocycles. The smallest absolute Gasteiger partial charge is 0.0622 e. The van der Waals surface area contributed by atoms with Crippen LogP contribution in [-0.2, 0) is 0 Å². The molecule has 14 heavy (non-hydrogen) atoms. The Kier molecular flexibility index (Phi) is 2.23. The third-order valence-corrected chi connectivity index (χ3v) is 2.86. The number of benzene rings is 1. The normalized spacial score (nSPS) is 15.4. The lowest BCUT2D eigenvalue weighted by Gasteiger charge is -2.34. The molecule has 0 aliphatic carbocycles. The predicted octanol–water partition coefficient (Wildman–Crippen LogP) is 1.61. The molecule has 1 aromatic carbocycles. The van der Waals surface area contributed by atoms with Gasteiger partial charge in [0, 0.05) is 39.9 Å². The van der Waals surface area contributed by atoms with Crippen molar-refractivity contribution in [3.8, 4) is 0 Å². The fraction of sp³-hybridized carbons (Fsp3) is 0.455. The van der Waals surface area contributed by atoms with Crippen LogP contribution in [0.15, 0.2) is 18.2 Å². The number of nitrogens with one attached hydrogen (secondary N) is 1. The topological polar surface area (TPSA) is 18.5 Å². The van der Waals surface area contributed by atoms with Gasteiger partial charge in [-0.1, -0.05) is 0 Å². The van der Waals surface area contributed by atoms with Crippen LogP contribution in [0, 0.1) is 0 Å². The highest BCUT2D eigenvalue weighted by Gasteiger charge is 2.17. The van der Waals surface area contributed by atoms with Crippen molar-refractivity contribution in [3.63, 3.8) is 0 Å². The number of likely N-dealkylation sites (N-methyl/N-ethyl adjacent to an activating group) is 2. The van der Waals surface area contributed by atoms with Crippen molar-refractivity contribution >= 4 is 17.1 Å². The summed E-state index contributed by atoms with van der Waals surface area (Å²) in [5.74, 6) is 0. The molecule has 1 heterocycles. The molecule has 1 N–H and O–H groups in total. The van der Waals surface area contributed by atoms with Gasteiger partial charge in [-0.3, -0.25) is 0 Å². The zero-order valence-corrected chi connectivity index (χ0v) is 9.04. The van der Waals surface area contributed by atoms with E-state index in [1.165, 1.54) is 17.1 Å². The Morgan fingerprint density at radius 1 is 1.07 bits per heavy atom. The van der Waals surface area contributed by atoms with Gasteiger partial charge in [0.25, 0.3) is 0 Å². The second kappa shape index (κ2) is 3.40. The van der Waals surface area contributed by atoms with Gasteiger partial charge in [-0.05, 0) is 18.2 Å². The Labute approximate surface area is 85.3 Å². The van der Waals surface area contributed by atoms with Crippen LogP contribution in [0.2, 0.25) is 0 Å². The highest BCUT2D eigenvalue weighted by molar-refractivity contribution is 5.77. The number of anilines is 3. The van der Waals surface area contributed by atoms with Crippen molar-refractivity contribution in [1.29, 1.82) is 0 Å². The van der Waals surface area contributed by atoms with Gasteiger partial charge in [-0.25, -0.2) is 0 Å². The zero-order valence-electron chi connectivity index (χ0n) is 9.04. The number of hydrogen-bond donors (Lipinski definition) is 1. The van der Waals surface area contributed by atoms with Crippen LogP contribution in [-0.4, -0.2) is 34.2 Å². The lowest BCUT2D eigenvalue weighted by molar-refractivity contribution is 0.798. The van der Waals surface area contributed by atoms with Crippen molar-refractivity contribution in [1.82, 2.24) is 0 Å². The highest BCUT2D eigenvalue weighted by atomic mass is 15.2. The van der Waals surface area contributed by atoms with Gasteiger partial charge >= 0.3 is 0 Å². The highest BCUT2D eigenvalue weighted by Crippen LogP contribution is 2.33. The molecule has 0 spiro atoms. The maximum atomic E-state index is 3.17. The summed E-state index contributed by atoms with van der Waals surface area (Å²) in [6.45, 7) is 2.19. The van der Waals surface area contributed by atoms with Crippen LogP contribution in [0.4, 0.5) is 17.1 Å². The summed E-state index contributed by atoms with van der Waals surface area (Å²) in [5, 5.41) is 3.17. The number of nitrogens with zero attached hydrogens (tertiary/aromatic N) is 2. The number of rotatable bonds is 1. The van der Waals surface area contributed by atoms with E-state index in [-0.39, 0.29) is 0 Å². The third kappa shape index (κ3) is 1.39. The molecule has 2 rings (SSSR count). The molecule has 0 bridgehead atoms. The van der Waals surface area contributed by atoms with Crippen molar-refractivity contribution in [2.45, 2.75) is 0 Å². The largest absolute Gasteiger partial charge is 0.388 e. The minimum atomic E-state index is 1.09. The van der Waals surface area contributed by atoms with E-state index in [0.29, 0.717) is 0 Å². The maximum absolute atomic E-state index is 3.17. The van der Waals surface area contributed by atoms with Gasteiger partial charge in [0.1, 0.15) is 0 Å². The Balaban J connectivity index is 2.45. The van der Waals surface area contributed by atoms with E-state index < -0.39 is 0 Å². The van der Waals surface area contributed by atoms with Gasteiger partial charge in [0.2, 0.25) is 0 Å². The predicted molar refractivity (Wildman–Crippen MR) is 62.5 cm³/mol. The summed E-state index contributed by atoms with van der Waals surface area (Å²) in [6.07, 6.45) is 0. The fourth-order valence-corrected chi connectivity index (χ4v) is 1.85. The lowest BCUT2D eigenvalue weighted by Crippen LogP contribution is -2.36. The Morgan fingerprint density at radius 2 is 1.71 bits per heavy atom. The van der Waals surface area contributed by atoms with Gasteiger partial charge in [0.05, 0.1) is 11.4 Å². The minimum absolute atomic E-state index is 1.09. The van der Waals surface area contributed by atoms with Crippen LogP contribution in [0.3, 0.4) is 0 Å². The molecule has 0 fully saturated rings. The van der Waals surface area contributed by atoms with E-state index in [1.807, 2.05) is 7.05 Å². The van der Waals surface area contributed by atoms with Crippen LogP contribution in [0.25, 0.3) is 0 Å². The van der Waals surface area contributed by atoms with E-state index in [0.717, 1.165) is 13.1 Å². The second-order valence-electron chi connectivity index (χ2n) is 3.80. The van der Waals surface area contributed by atoms with Gasteiger partial charge < -0.3 is 15.1 Å². The molecular formula is C11H17N3. The summed E-state index contributed by atoms with van der Waals surface area (Å²) < 4.78 is 0. The standard InChI is InChI=1S/C11H17N3/c1-12-9-4-5-10-11(8-9)14(3)7-6-13(10)2/h4-5,8,12H,6-7H2,1-3H3. The van der Waals surface area contributed by atoms with Gasteiger partial charge in [-0.2, -0.15) is 0 Å². The molecule has 1 aliphatic rings. The van der Waals surface area contributed by atoms with Crippen molar-refractivity contribution in [2.24, 2.45) is 0 Å². The molecule has 76 valence electrons. The fourth-order valence-electron chi connectivity index (χ4n) is 1.85. The second-order valence-corrected chi connectivity index (χ2v) is 3.80. The van der Waals surface area contributed by atoms with Crippen LogP contribution >= 0.6 is 0 Å². The van der Waals surface area contributed by atoms with E-state index in [4.69, 9.17) is 0 Å². The molecule has 0 saturated carbocycles. The first-order chi connectivity index (χ1) is 6.72. The summed E-state index contributed by atoms with van der Waals surface area (Å²) in [4.78, 5) is 4.60. The molecule has 0 atom stereocenters. The van der Waals surface area contributed by atoms with E-state index in [9.17, 15) is 0 Å². The van der Waals surface area contributed by atoms with Crippen molar-refractivity contribution in [2.75, 3.05) is 49.3 Å². The molecule has 0 unspecified atom stereocenters. The van der Waals surface area contributed by atoms with Gasteiger partial charge in [0.15, 0.2) is 0 Å². The molecule has 0 aromatic heterocycles. The van der Waals surface area contributed by atoms with E-state index >= 15 is 0 Å². The molecular weight excluding hydrogens is 174 g/mol. The maximum Gasteiger partial charge on any atom is 0.0622 e. The molecule has 0 radical (unpaired) electrons. The number of hydrogen-bond acceptors (Lipinski definition) is 3. The lowest BCUT2D eigenvalue weighted by atomic mass is 10.1. The molecule has 1 aliphatic heterocycles. The average Bonchev–Trinajstić information content (AvgIpc) is 2.23. The zero-order chi connectivity index (χ0) is 10.1. The summed E-state index contributed by atoms with van der Waals surface area (Å²) in [7, 11) is 6.24. The van der Waals surface area contributed by atoms with Crippen LogP contribution in [0.1, 0.15) is 0 Å². The van der Waals surface area contributed by atoms with Crippen LogP contribution in [0.5, 0.6) is 0 Å². The van der Waals surface area contributed by atoms with Crippen molar-refractivity contribution in [3.05, 3.63) is 18.2 Å². The van der Waals surface area contributed by atoms with Crippen LogP contribution < -0.4 is 15.1 Å². The minimum Gasteiger partial charge on any atom is -0.388 e. The third-order valence-electron chi connectivity index (χ3n) is 2.86. The van der Waals surface area contributed by atoms with E-state index in [2.05, 4.69) is 47.4 Å². The molecule has 3 nitrogen and oxygen atoms in total. The Morgan fingerprint density at radius 3 is 2.36 bits per heavy atom.